The molecule has 0 saturated heterocycles. The molecule has 1 aromatic rings. The van der Waals surface area contributed by atoms with Crippen LogP contribution >= 0.6 is 22.9 Å². The maximum atomic E-state index is 5.83. The summed E-state index contributed by atoms with van der Waals surface area (Å²) in [6, 6.07) is 0.611. The summed E-state index contributed by atoms with van der Waals surface area (Å²) in [7, 11) is 0. The van der Waals surface area contributed by atoms with E-state index in [0.29, 0.717) is 6.04 Å². The first-order valence-electron chi connectivity index (χ1n) is 5.22. The molecule has 2 rings (SSSR count). The number of nitrogens with one attached hydrogen (secondary N) is 1. The Balaban J connectivity index is 1.89. The molecular formula is C10H15ClN2S. The van der Waals surface area contributed by atoms with Gasteiger partial charge in [-0.15, -0.1) is 0 Å². The van der Waals surface area contributed by atoms with E-state index in [1.54, 1.807) is 6.20 Å². The molecule has 1 aromatic heterocycles. The Hall–Kier alpha value is -0.280. The van der Waals surface area contributed by atoms with Crippen LogP contribution in [0.1, 0.15) is 38.5 Å². The number of hydrogen-bond acceptors (Lipinski definition) is 3. The molecule has 0 amide bonds. The topological polar surface area (TPSA) is 24.9 Å². The van der Waals surface area contributed by atoms with Crippen LogP contribution in [0.25, 0.3) is 0 Å². The van der Waals surface area contributed by atoms with E-state index in [9.17, 15) is 0 Å². The fraction of sp³-hybridized carbons (Fsp3) is 0.700. The summed E-state index contributed by atoms with van der Waals surface area (Å²) in [5, 5.41) is 4.44. The molecule has 1 aliphatic rings. The van der Waals surface area contributed by atoms with E-state index < -0.39 is 0 Å². The minimum Gasteiger partial charge on any atom is -0.359 e. The zero-order chi connectivity index (χ0) is 9.80. The van der Waals surface area contributed by atoms with E-state index in [0.717, 1.165) is 9.47 Å². The summed E-state index contributed by atoms with van der Waals surface area (Å²) in [5.41, 5.74) is 0. The summed E-state index contributed by atoms with van der Waals surface area (Å²) in [5.74, 6) is 0. The molecule has 1 heterocycles. The van der Waals surface area contributed by atoms with Gasteiger partial charge < -0.3 is 5.32 Å². The average molecular weight is 231 g/mol. The first-order valence-corrected chi connectivity index (χ1v) is 6.42. The second-order valence-electron chi connectivity index (χ2n) is 3.80. The van der Waals surface area contributed by atoms with E-state index in [1.165, 1.54) is 49.9 Å². The maximum Gasteiger partial charge on any atom is 0.184 e. The zero-order valence-electron chi connectivity index (χ0n) is 8.13. The first kappa shape index (κ1) is 10.2. The van der Waals surface area contributed by atoms with Gasteiger partial charge in [-0.3, -0.25) is 0 Å². The van der Waals surface area contributed by atoms with Gasteiger partial charge in [0.15, 0.2) is 5.13 Å². The van der Waals surface area contributed by atoms with E-state index >= 15 is 0 Å². The van der Waals surface area contributed by atoms with Gasteiger partial charge in [0.2, 0.25) is 0 Å². The lowest BCUT2D eigenvalue weighted by Gasteiger charge is -2.14. The van der Waals surface area contributed by atoms with E-state index in [2.05, 4.69) is 10.3 Å². The average Bonchev–Trinajstić information content (AvgIpc) is 2.43. The second kappa shape index (κ2) is 4.99. The molecule has 1 fully saturated rings. The van der Waals surface area contributed by atoms with Crippen molar-refractivity contribution in [2.24, 2.45) is 0 Å². The first-order chi connectivity index (χ1) is 6.84. The van der Waals surface area contributed by atoms with Crippen LogP contribution in [0.4, 0.5) is 5.13 Å². The van der Waals surface area contributed by atoms with Crippen molar-refractivity contribution in [3.8, 4) is 0 Å². The molecule has 0 spiro atoms. The predicted molar refractivity (Wildman–Crippen MR) is 62.2 cm³/mol. The van der Waals surface area contributed by atoms with Crippen LogP contribution in [0, 0.1) is 0 Å². The Bertz CT molecular complexity index is 279. The van der Waals surface area contributed by atoms with Crippen LogP contribution in [0.2, 0.25) is 4.34 Å². The van der Waals surface area contributed by atoms with Crippen LogP contribution in [0.3, 0.4) is 0 Å². The zero-order valence-corrected chi connectivity index (χ0v) is 9.70. The van der Waals surface area contributed by atoms with Gasteiger partial charge in [0.1, 0.15) is 4.34 Å². The van der Waals surface area contributed by atoms with Gasteiger partial charge in [-0.25, -0.2) is 4.98 Å². The van der Waals surface area contributed by atoms with Crippen molar-refractivity contribution in [2.75, 3.05) is 5.32 Å². The standard InChI is InChI=1S/C10H15ClN2S/c11-9-7-12-10(14-9)13-8-5-3-1-2-4-6-8/h7-8H,1-6H2,(H,12,13). The molecule has 0 aromatic carbocycles. The van der Waals surface area contributed by atoms with Crippen molar-refractivity contribution >= 4 is 28.1 Å². The van der Waals surface area contributed by atoms with Crippen molar-refractivity contribution in [1.29, 1.82) is 0 Å². The van der Waals surface area contributed by atoms with Crippen molar-refractivity contribution in [3.63, 3.8) is 0 Å². The number of hydrogen-bond donors (Lipinski definition) is 1. The number of aromatic nitrogens is 1. The predicted octanol–water partition coefficient (Wildman–Crippen LogP) is 3.93. The lowest BCUT2D eigenvalue weighted by atomic mass is 10.1. The van der Waals surface area contributed by atoms with Crippen molar-refractivity contribution in [3.05, 3.63) is 10.5 Å². The molecule has 0 bridgehead atoms. The highest BCUT2D eigenvalue weighted by Crippen LogP contribution is 2.26. The molecule has 1 aliphatic carbocycles. The monoisotopic (exact) mass is 230 g/mol. The third-order valence-corrected chi connectivity index (χ3v) is 3.71. The van der Waals surface area contributed by atoms with Gasteiger partial charge >= 0.3 is 0 Å². The van der Waals surface area contributed by atoms with Crippen molar-refractivity contribution < 1.29 is 0 Å². The molecule has 0 radical (unpaired) electrons. The van der Waals surface area contributed by atoms with E-state index in [-0.39, 0.29) is 0 Å². The summed E-state index contributed by atoms with van der Waals surface area (Å²) >= 11 is 7.36. The van der Waals surface area contributed by atoms with Gasteiger partial charge in [-0.1, -0.05) is 48.6 Å². The Kier molecular flexibility index (Phi) is 3.65. The third kappa shape index (κ3) is 2.85. The number of halogens is 1. The Morgan fingerprint density at radius 2 is 2.00 bits per heavy atom. The Labute approximate surface area is 93.7 Å². The highest BCUT2D eigenvalue weighted by atomic mass is 35.5. The smallest absolute Gasteiger partial charge is 0.184 e. The molecule has 14 heavy (non-hydrogen) atoms. The third-order valence-electron chi connectivity index (χ3n) is 2.66. The molecule has 1 N–H and O–H groups in total. The summed E-state index contributed by atoms with van der Waals surface area (Å²) in [6.07, 6.45) is 9.72. The van der Waals surface area contributed by atoms with Crippen molar-refractivity contribution in [2.45, 2.75) is 44.6 Å². The number of nitrogens with zero attached hydrogens (tertiary/aromatic N) is 1. The quantitative estimate of drug-likeness (QED) is 0.779. The fourth-order valence-electron chi connectivity index (χ4n) is 1.92. The lowest BCUT2D eigenvalue weighted by molar-refractivity contribution is 0.619. The molecule has 4 heteroatoms. The highest BCUT2D eigenvalue weighted by molar-refractivity contribution is 7.19. The van der Waals surface area contributed by atoms with Crippen LogP contribution in [-0.4, -0.2) is 11.0 Å². The lowest BCUT2D eigenvalue weighted by Crippen LogP contribution is -2.17. The second-order valence-corrected chi connectivity index (χ2v) is 5.46. The van der Waals surface area contributed by atoms with Crippen LogP contribution in [-0.2, 0) is 0 Å². The Morgan fingerprint density at radius 1 is 1.29 bits per heavy atom. The number of thiazole rings is 1. The molecule has 1 saturated carbocycles. The molecule has 78 valence electrons. The molecular weight excluding hydrogens is 216 g/mol. The SMILES string of the molecule is Clc1cnc(NC2CCCCCC2)s1. The molecule has 0 unspecified atom stereocenters. The van der Waals surface area contributed by atoms with Gasteiger partial charge in [0, 0.05) is 6.04 Å². The minimum absolute atomic E-state index is 0.611. The van der Waals surface area contributed by atoms with E-state index in [4.69, 9.17) is 11.6 Å². The fourth-order valence-corrected chi connectivity index (χ4v) is 2.81. The van der Waals surface area contributed by atoms with Crippen LogP contribution < -0.4 is 5.32 Å². The number of rotatable bonds is 2. The summed E-state index contributed by atoms with van der Waals surface area (Å²) in [4.78, 5) is 4.22. The van der Waals surface area contributed by atoms with Gasteiger partial charge in [0.25, 0.3) is 0 Å². The van der Waals surface area contributed by atoms with Crippen LogP contribution in [0.15, 0.2) is 6.20 Å². The normalized spacial score (nSPS) is 19.2. The minimum atomic E-state index is 0.611. The number of anilines is 1. The summed E-state index contributed by atoms with van der Waals surface area (Å²) < 4.78 is 0.765. The van der Waals surface area contributed by atoms with Crippen molar-refractivity contribution in [1.82, 2.24) is 4.98 Å². The maximum absolute atomic E-state index is 5.83. The van der Waals surface area contributed by atoms with Crippen LogP contribution in [0.5, 0.6) is 0 Å². The highest BCUT2D eigenvalue weighted by Gasteiger charge is 2.12. The van der Waals surface area contributed by atoms with Gasteiger partial charge in [-0.2, -0.15) is 0 Å². The molecule has 2 nitrogen and oxygen atoms in total. The molecule has 0 atom stereocenters. The van der Waals surface area contributed by atoms with Gasteiger partial charge in [-0.05, 0) is 12.8 Å². The largest absolute Gasteiger partial charge is 0.359 e. The van der Waals surface area contributed by atoms with E-state index in [1.807, 2.05) is 0 Å². The molecule has 0 aliphatic heterocycles. The summed E-state index contributed by atoms with van der Waals surface area (Å²) in [6.45, 7) is 0. The van der Waals surface area contributed by atoms with Gasteiger partial charge in [0.05, 0.1) is 6.20 Å². The Morgan fingerprint density at radius 3 is 2.57 bits per heavy atom.